The third kappa shape index (κ3) is 7.80. The molecule has 2 rings (SSSR count). The minimum absolute atomic E-state index is 0. The van der Waals surface area contributed by atoms with Crippen LogP contribution in [0.5, 0.6) is 0 Å². The first-order valence-corrected chi connectivity index (χ1v) is 17.1. The molecule has 0 N–H and O–H groups in total. The molecule has 0 unspecified atom stereocenters. The van der Waals surface area contributed by atoms with E-state index in [9.17, 15) is 0 Å². The van der Waals surface area contributed by atoms with Gasteiger partial charge in [0.05, 0.1) is 0 Å². The van der Waals surface area contributed by atoms with Crippen LogP contribution in [-0.4, -0.2) is 16.1 Å². The molecule has 32 heavy (non-hydrogen) atoms. The molecule has 0 aliphatic rings. The van der Waals surface area contributed by atoms with E-state index >= 15 is 0 Å². The molecule has 4 heteroatoms. The van der Waals surface area contributed by atoms with Gasteiger partial charge in [0.1, 0.15) is 0 Å². The predicted molar refractivity (Wildman–Crippen MR) is 141 cm³/mol. The molecule has 0 atom stereocenters. The van der Waals surface area contributed by atoms with Crippen molar-refractivity contribution in [3.05, 3.63) is 83.2 Å². The summed E-state index contributed by atoms with van der Waals surface area (Å²) in [6.45, 7) is 23.9. The third-order valence-electron chi connectivity index (χ3n) is 7.00. The molecule has 0 bridgehead atoms. The van der Waals surface area contributed by atoms with Gasteiger partial charge in [-0.3, -0.25) is 22.5 Å². The zero-order chi connectivity index (χ0) is 22.8. The summed E-state index contributed by atoms with van der Waals surface area (Å²) in [5.41, 5.74) is 13.2. The fourth-order valence-corrected chi connectivity index (χ4v) is 5.31. The van der Waals surface area contributed by atoms with Gasteiger partial charge in [0, 0.05) is 16.1 Å². The van der Waals surface area contributed by atoms with Crippen molar-refractivity contribution < 1.29 is 37.7 Å². The van der Waals surface area contributed by atoms with Crippen molar-refractivity contribution in [1.82, 2.24) is 0 Å². The second-order valence-electron chi connectivity index (χ2n) is 11.5. The SMILES string of the molecule is CC(C)(C)[Si](C)(C)[C-]=C(C(=[C-][Si](C)(C)C(C)(C)C)c1ccccc1)c1ccccc1.[Li+].[Li+]. The molecular formula is C28H40Li2Si2. The summed E-state index contributed by atoms with van der Waals surface area (Å²) in [6.07, 6.45) is 0. The van der Waals surface area contributed by atoms with E-state index < -0.39 is 16.1 Å². The molecule has 0 aliphatic carbocycles. The van der Waals surface area contributed by atoms with E-state index in [4.69, 9.17) is 0 Å². The fraction of sp³-hybridized carbons (Fsp3) is 0.429. The van der Waals surface area contributed by atoms with Crippen LogP contribution in [0, 0.1) is 11.4 Å². The van der Waals surface area contributed by atoms with Crippen LogP contribution in [-0.2, 0) is 0 Å². The Morgan fingerprint density at radius 2 is 0.781 bits per heavy atom. The van der Waals surface area contributed by atoms with E-state index in [2.05, 4.69) is 140 Å². The maximum atomic E-state index is 4.10. The Bertz CT molecular complexity index is 820. The molecule has 0 saturated carbocycles. The Morgan fingerprint density at radius 1 is 0.531 bits per heavy atom. The molecule has 0 amide bonds. The van der Waals surface area contributed by atoms with Gasteiger partial charge in [-0.2, -0.15) is 11.1 Å². The molecule has 0 spiro atoms. The summed E-state index contributed by atoms with van der Waals surface area (Å²) in [5, 5.41) is 0.456. The standard InChI is InChI=1S/C28H40Si2.2Li/c1-27(2,3)29(7,8)21-25(23-17-13-11-14-18-23)26(24-19-15-12-16-20-24)22-30(9,10)28(4,5)6;;/h11-20H,1-10H3;;/q-2;2*+1. The average Bonchev–Trinajstić information content (AvgIpc) is 2.64. The van der Waals surface area contributed by atoms with Crippen molar-refractivity contribution >= 4 is 27.3 Å². The molecule has 0 aliphatic heterocycles. The van der Waals surface area contributed by atoms with Gasteiger partial charge in [-0.1, -0.05) is 114 Å². The smallest absolute Gasteiger partial charge is 0.297 e. The quantitative estimate of drug-likeness (QED) is 0.376. The monoisotopic (exact) mass is 446 g/mol. The molecule has 2 aromatic carbocycles. The van der Waals surface area contributed by atoms with E-state index in [1.165, 1.54) is 22.3 Å². The van der Waals surface area contributed by atoms with Gasteiger partial charge < -0.3 is 0 Å². The van der Waals surface area contributed by atoms with Crippen LogP contribution >= 0.6 is 0 Å². The Morgan fingerprint density at radius 3 is 1.00 bits per heavy atom. The van der Waals surface area contributed by atoms with Gasteiger partial charge in [-0.15, -0.1) is 24.3 Å². The Hall–Kier alpha value is -0.451. The van der Waals surface area contributed by atoms with Crippen molar-refractivity contribution in [3.63, 3.8) is 0 Å². The fourth-order valence-electron chi connectivity index (χ4n) is 2.77. The zero-order valence-electron chi connectivity index (χ0n) is 22.8. The van der Waals surface area contributed by atoms with Gasteiger partial charge in [0.2, 0.25) is 0 Å². The third-order valence-corrected chi connectivity index (χ3v) is 16.2. The molecule has 0 saturated heterocycles. The van der Waals surface area contributed by atoms with Crippen LogP contribution in [0.4, 0.5) is 0 Å². The Labute approximate surface area is 224 Å². The minimum atomic E-state index is -1.80. The van der Waals surface area contributed by atoms with Crippen molar-refractivity contribution in [3.8, 4) is 0 Å². The number of allylic oxidation sites excluding steroid dienone is 2. The summed E-state index contributed by atoms with van der Waals surface area (Å²) in [7, 11) is -3.60. The molecule has 0 fully saturated rings. The first-order chi connectivity index (χ1) is 13.7. The number of hydrogen-bond acceptors (Lipinski definition) is 0. The normalized spacial score (nSPS) is 13.8. The van der Waals surface area contributed by atoms with E-state index in [-0.39, 0.29) is 47.8 Å². The summed E-state index contributed by atoms with van der Waals surface area (Å²) < 4.78 is 0. The van der Waals surface area contributed by atoms with Gasteiger partial charge in [0.15, 0.2) is 0 Å². The zero-order valence-corrected chi connectivity index (χ0v) is 24.8. The molecule has 2 aromatic rings. The van der Waals surface area contributed by atoms with Crippen LogP contribution < -0.4 is 37.7 Å². The van der Waals surface area contributed by atoms with Crippen LogP contribution in [0.15, 0.2) is 60.7 Å². The van der Waals surface area contributed by atoms with Gasteiger partial charge in [0.25, 0.3) is 0 Å². The molecule has 0 aromatic heterocycles. The van der Waals surface area contributed by atoms with Crippen molar-refractivity contribution in [2.24, 2.45) is 0 Å². The van der Waals surface area contributed by atoms with Crippen LogP contribution in [0.3, 0.4) is 0 Å². The summed E-state index contributed by atoms with van der Waals surface area (Å²) in [6, 6.07) is 21.6. The molecule has 162 valence electrons. The maximum Gasteiger partial charge on any atom is 1.00 e. The van der Waals surface area contributed by atoms with Crippen molar-refractivity contribution in [2.45, 2.75) is 77.8 Å². The average molecular weight is 447 g/mol. The summed E-state index contributed by atoms with van der Waals surface area (Å²) >= 11 is 0. The molecule has 0 heterocycles. The van der Waals surface area contributed by atoms with E-state index in [1.807, 2.05) is 0 Å². The van der Waals surface area contributed by atoms with Crippen LogP contribution in [0.25, 0.3) is 11.1 Å². The number of benzene rings is 2. The van der Waals surface area contributed by atoms with E-state index in [0.717, 1.165) is 0 Å². The Kier molecular flexibility index (Phi) is 11.6. The van der Waals surface area contributed by atoms with Gasteiger partial charge in [-0.05, 0) is 0 Å². The van der Waals surface area contributed by atoms with Gasteiger partial charge in [-0.25, -0.2) is 0 Å². The second kappa shape index (κ2) is 11.8. The van der Waals surface area contributed by atoms with Crippen molar-refractivity contribution in [2.75, 3.05) is 0 Å². The topological polar surface area (TPSA) is 0 Å². The molecule has 0 radical (unpaired) electrons. The van der Waals surface area contributed by atoms with E-state index in [0.29, 0.717) is 0 Å². The van der Waals surface area contributed by atoms with E-state index in [1.54, 1.807) is 0 Å². The first kappa shape index (κ1) is 31.5. The van der Waals surface area contributed by atoms with Crippen molar-refractivity contribution in [1.29, 1.82) is 0 Å². The van der Waals surface area contributed by atoms with Crippen LogP contribution in [0.1, 0.15) is 52.7 Å². The second-order valence-corrected chi connectivity index (χ2v) is 21.5. The maximum absolute atomic E-state index is 4.10. The minimum Gasteiger partial charge on any atom is -0.297 e. The molecular weight excluding hydrogens is 406 g/mol. The largest absolute Gasteiger partial charge is 1.00 e. The molecule has 0 nitrogen and oxygen atoms in total. The first-order valence-electron chi connectivity index (χ1n) is 11.1. The predicted octanol–water partition coefficient (Wildman–Crippen LogP) is 2.86. The number of hydrogen-bond donors (Lipinski definition) is 0. The van der Waals surface area contributed by atoms with Crippen LogP contribution in [0.2, 0.25) is 36.3 Å². The number of rotatable bonds is 5. The summed E-state index contributed by atoms with van der Waals surface area (Å²) in [5.74, 6) is 0. The summed E-state index contributed by atoms with van der Waals surface area (Å²) in [4.78, 5) is 0. The Balaban J connectivity index is 0.00000480. The van der Waals surface area contributed by atoms with Gasteiger partial charge >= 0.3 is 37.7 Å².